The third-order valence-electron chi connectivity index (χ3n) is 4.45. The molecule has 0 radical (unpaired) electrons. The van der Waals surface area contributed by atoms with Crippen LogP contribution in [-0.2, 0) is 11.3 Å². The molecule has 4 rings (SSSR count). The predicted molar refractivity (Wildman–Crippen MR) is 98.3 cm³/mol. The van der Waals surface area contributed by atoms with Crippen LogP contribution >= 0.6 is 15.9 Å². The summed E-state index contributed by atoms with van der Waals surface area (Å²) in [4.78, 5) is 17.3. The minimum atomic E-state index is -0.423. The van der Waals surface area contributed by atoms with Crippen LogP contribution in [0.1, 0.15) is 46.1 Å². The van der Waals surface area contributed by atoms with Crippen LogP contribution < -0.4 is 4.74 Å². The lowest BCUT2D eigenvalue weighted by Crippen LogP contribution is -2.08. The van der Waals surface area contributed by atoms with Crippen LogP contribution in [0.15, 0.2) is 33.3 Å². The van der Waals surface area contributed by atoms with Crippen LogP contribution in [0.4, 0.5) is 0 Å². The molecule has 0 bridgehead atoms. The summed E-state index contributed by atoms with van der Waals surface area (Å²) in [5.74, 6) is 0.634. The van der Waals surface area contributed by atoms with E-state index in [2.05, 4.69) is 26.1 Å². The van der Waals surface area contributed by atoms with Crippen LogP contribution in [0.25, 0.3) is 11.1 Å². The Hall–Kier alpha value is -2.41. The highest BCUT2D eigenvalue weighted by atomic mass is 79.9. The Bertz CT molecular complexity index is 995. The first-order chi connectivity index (χ1) is 12.6. The topological polar surface area (TPSA) is 74.5 Å². The maximum absolute atomic E-state index is 12.8. The van der Waals surface area contributed by atoms with Crippen molar-refractivity contribution in [1.82, 2.24) is 10.1 Å². The number of hydrogen-bond acceptors (Lipinski definition) is 6. The highest BCUT2D eigenvalue weighted by Crippen LogP contribution is 2.40. The summed E-state index contributed by atoms with van der Waals surface area (Å²) in [5.41, 5.74) is 3.11. The van der Waals surface area contributed by atoms with Gasteiger partial charge in [-0.3, -0.25) is 0 Å². The van der Waals surface area contributed by atoms with Gasteiger partial charge in [0, 0.05) is 21.6 Å². The minimum Gasteiger partial charge on any atom is -0.496 e. The normalized spacial score (nSPS) is 13.8. The molecule has 0 amide bonds. The van der Waals surface area contributed by atoms with Crippen molar-refractivity contribution >= 4 is 33.0 Å². The number of carbonyl (C=O) groups excluding carboxylic acids is 1. The number of pyridine rings is 1. The number of halogens is 1. The lowest BCUT2D eigenvalue weighted by atomic mass is 10.1. The molecule has 2 heterocycles. The number of hydrogen-bond donors (Lipinski definition) is 0. The van der Waals surface area contributed by atoms with Gasteiger partial charge >= 0.3 is 5.97 Å². The second kappa shape index (κ2) is 6.72. The number of rotatable bonds is 5. The van der Waals surface area contributed by atoms with E-state index in [0.717, 1.165) is 28.6 Å². The third-order valence-corrected chi connectivity index (χ3v) is 4.95. The van der Waals surface area contributed by atoms with Gasteiger partial charge < -0.3 is 14.0 Å². The zero-order valence-corrected chi connectivity index (χ0v) is 16.0. The molecular formula is C19H17BrN2O4. The van der Waals surface area contributed by atoms with Crippen molar-refractivity contribution in [3.05, 3.63) is 51.3 Å². The van der Waals surface area contributed by atoms with Crippen LogP contribution in [0.3, 0.4) is 0 Å². The number of aromatic nitrogens is 2. The van der Waals surface area contributed by atoms with E-state index in [4.69, 9.17) is 14.0 Å². The highest BCUT2D eigenvalue weighted by Gasteiger charge is 2.29. The zero-order valence-electron chi connectivity index (χ0n) is 14.4. The number of benzene rings is 1. The zero-order chi connectivity index (χ0) is 18.3. The lowest BCUT2D eigenvalue weighted by molar-refractivity contribution is 0.0472. The second-order valence-corrected chi connectivity index (χ2v) is 7.27. The number of methoxy groups -OCH3 is 1. The molecule has 7 heteroatoms. The Morgan fingerprint density at radius 3 is 2.88 bits per heavy atom. The molecule has 6 nitrogen and oxygen atoms in total. The molecule has 0 N–H and O–H groups in total. The first-order valence-corrected chi connectivity index (χ1v) is 9.12. The number of fused-ring (bicyclic) bond motifs is 1. The minimum absolute atomic E-state index is 0.106. The molecule has 1 aliphatic rings. The number of esters is 1. The van der Waals surface area contributed by atoms with Crippen molar-refractivity contribution in [3.63, 3.8) is 0 Å². The largest absolute Gasteiger partial charge is 0.496 e. The average Bonchev–Trinajstić information content (AvgIpc) is 3.43. The Morgan fingerprint density at radius 1 is 1.35 bits per heavy atom. The molecule has 0 aliphatic heterocycles. The molecule has 1 aliphatic carbocycles. The fraction of sp³-hybridized carbons (Fsp3) is 0.316. The highest BCUT2D eigenvalue weighted by molar-refractivity contribution is 9.10. The lowest BCUT2D eigenvalue weighted by Gasteiger charge is -2.11. The molecule has 0 atom stereocenters. The van der Waals surface area contributed by atoms with Crippen LogP contribution in [0.5, 0.6) is 5.75 Å². The van der Waals surface area contributed by atoms with Crippen LogP contribution in [0, 0.1) is 6.92 Å². The van der Waals surface area contributed by atoms with Crippen molar-refractivity contribution < 1.29 is 18.8 Å². The van der Waals surface area contributed by atoms with Crippen LogP contribution in [-0.4, -0.2) is 23.2 Å². The van der Waals surface area contributed by atoms with Crippen molar-refractivity contribution in [2.24, 2.45) is 0 Å². The SMILES string of the molecule is COc1ccc(Br)cc1COC(=O)c1cc(C2CC2)nc2onc(C)c12. The van der Waals surface area contributed by atoms with E-state index in [-0.39, 0.29) is 6.61 Å². The number of carbonyl (C=O) groups is 1. The Kier molecular flexibility index (Phi) is 4.40. The molecule has 0 saturated heterocycles. The number of aryl methyl sites for hydroxylation is 1. The molecule has 134 valence electrons. The summed E-state index contributed by atoms with van der Waals surface area (Å²) in [5, 5.41) is 4.56. The maximum atomic E-state index is 12.8. The fourth-order valence-corrected chi connectivity index (χ4v) is 3.35. The molecule has 2 aromatic heterocycles. The summed E-state index contributed by atoms with van der Waals surface area (Å²) < 4.78 is 17.1. The monoisotopic (exact) mass is 416 g/mol. The molecule has 1 fully saturated rings. The van der Waals surface area contributed by atoms with Gasteiger partial charge in [-0.2, -0.15) is 0 Å². The molecule has 1 saturated carbocycles. The number of ether oxygens (including phenoxy) is 2. The van der Waals surface area contributed by atoms with Crippen LogP contribution in [0.2, 0.25) is 0 Å². The van der Waals surface area contributed by atoms with E-state index in [1.54, 1.807) is 14.0 Å². The second-order valence-electron chi connectivity index (χ2n) is 6.35. The van der Waals surface area contributed by atoms with Gasteiger partial charge in [-0.05, 0) is 44.0 Å². The van der Waals surface area contributed by atoms with Crippen molar-refractivity contribution in [2.45, 2.75) is 32.3 Å². The first-order valence-electron chi connectivity index (χ1n) is 8.33. The summed E-state index contributed by atoms with van der Waals surface area (Å²) in [6, 6.07) is 7.38. The summed E-state index contributed by atoms with van der Waals surface area (Å²) in [6.45, 7) is 1.90. The molecule has 0 spiro atoms. The third kappa shape index (κ3) is 3.19. The van der Waals surface area contributed by atoms with Crippen molar-refractivity contribution in [1.29, 1.82) is 0 Å². The Labute approximate surface area is 158 Å². The molecule has 26 heavy (non-hydrogen) atoms. The summed E-state index contributed by atoms with van der Waals surface area (Å²) >= 11 is 3.42. The van der Waals surface area contributed by atoms with Gasteiger partial charge in [-0.1, -0.05) is 21.1 Å². The average molecular weight is 417 g/mol. The van der Waals surface area contributed by atoms with E-state index in [9.17, 15) is 4.79 Å². The van der Waals surface area contributed by atoms with E-state index in [1.165, 1.54) is 0 Å². The maximum Gasteiger partial charge on any atom is 0.339 e. The van der Waals surface area contributed by atoms with Gasteiger partial charge in [0.25, 0.3) is 5.71 Å². The first kappa shape index (κ1) is 17.0. The quantitative estimate of drug-likeness (QED) is 0.568. The molecule has 1 aromatic carbocycles. The summed E-state index contributed by atoms with van der Waals surface area (Å²) in [6.07, 6.45) is 2.16. The van der Waals surface area contributed by atoms with Crippen molar-refractivity contribution in [3.8, 4) is 5.75 Å². The van der Waals surface area contributed by atoms with E-state index < -0.39 is 5.97 Å². The summed E-state index contributed by atoms with van der Waals surface area (Å²) in [7, 11) is 1.59. The van der Waals surface area contributed by atoms with E-state index in [0.29, 0.717) is 34.0 Å². The van der Waals surface area contributed by atoms with E-state index in [1.807, 2.05) is 24.3 Å². The Balaban J connectivity index is 1.64. The van der Waals surface area contributed by atoms with Gasteiger partial charge in [0.15, 0.2) is 0 Å². The van der Waals surface area contributed by atoms with Crippen molar-refractivity contribution in [2.75, 3.05) is 7.11 Å². The van der Waals surface area contributed by atoms with Gasteiger partial charge in [0.05, 0.1) is 23.8 Å². The van der Waals surface area contributed by atoms with E-state index >= 15 is 0 Å². The predicted octanol–water partition coefficient (Wildman–Crippen LogP) is 4.54. The Morgan fingerprint density at radius 2 is 2.15 bits per heavy atom. The fourth-order valence-electron chi connectivity index (χ4n) is 2.94. The van der Waals surface area contributed by atoms with Gasteiger partial charge in [0.2, 0.25) is 0 Å². The number of nitrogens with zero attached hydrogens (tertiary/aromatic N) is 2. The molecule has 0 unspecified atom stereocenters. The standard InChI is InChI=1S/C19H17BrN2O4/c1-10-17-14(8-15(11-3-4-11)21-18(17)26-22-10)19(23)25-9-12-7-13(20)5-6-16(12)24-2/h5-8,11H,3-4,9H2,1-2H3. The smallest absolute Gasteiger partial charge is 0.339 e. The van der Waals surface area contributed by atoms with Gasteiger partial charge in [0.1, 0.15) is 12.4 Å². The molecular weight excluding hydrogens is 400 g/mol. The van der Waals surface area contributed by atoms with Gasteiger partial charge in [-0.25, -0.2) is 9.78 Å². The molecule has 3 aromatic rings. The van der Waals surface area contributed by atoms with Gasteiger partial charge in [-0.15, -0.1) is 0 Å².